The van der Waals surface area contributed by atoms with Crippen molar-refractivity contribution in [3.05, 3.63) is 107 Å². The number of hydrogen-bond donors (Lipinski definition) is 2. The summed E-state index contributed by atoms with van der Waals surface area (Å²) in [5.41, 5.74) is 2.23. The van der Waals surface area contributed by atoms with Gasteiger partial charge in [0, 0.05) is 23.2 Å². The van der Waals surface area contributed by atoms with Gasteiger partial charge in [0.2, 0.25) is 15.9 Å². The Labute approximate surface area is 204 Å². The molecule has 4 aromatic rings. The van der Waals surface area contributed by atoms with Crippen molar-refractivity contribution in [1.29, 1.82) is 0 Å². The molecule has 34 heavy (non-hydrogen) atoms. The monoisotopic (exact) mass is 493 g/mol. The van der Waals surface area contributed by atoms with Crippen LogP contribution in [0.3, 0.4) is 0 Å². The van der Waals surface area contributed by atoms with E-state index >= 15 is 0 Å². The molecule has 8 heteroatoms. The number of aromatic nitrogens is 1. The van der Waals surface area contributed by atoms with Gasteiger partial charge in [-0.15, -0.1) is 0 Å². The molecule has 0 fully saturated rings. The van der Waals surface area contributed by atoms with Gasteiger partial charge in [0.1, 0.15) is 10.9 Å². The number of nitrogens with one attached hydrogen (secondary N) is 2. The topological polar surface area (TPSA) is 88.2 Å². The molecule has 4 rings (SSSR count). The highest BCUT2D eigenvalue weighted by atomic mass is 35.5. The van der Waals surface area contributed by atoms with Gasteiger partial charge in [-0.25, -0.2) is 8.42 Å². The smallest absolute Gasteiger partial charge is 0.243 e. The van der Waals surface area contributed by atoms with Crippen LogP contribution in [-0.4, -0.2) is 31.9 Å². The molecule has 1 heterocycles. The number of fused-ring (bicyclic) bond motifs is 1. The standard InChI is InChI=1S/C26H24ClN3O3S/c27-22-13-11-19(12-14-22)15-17-29-26(31)23(18-20-6-2-1-3-7-20)30-34(32,33)24-10-4-8-21-9-5-16-28-25(21)24/h1-14,16,23,30H,15,17-18H2,(H,29,31)/t23-/m1/s1. The number of carbonyl (C=O) groups is 1. The maximum atomic E-state index is 13.3. The van der Waals surface area contributed by atoms with Gasteiger partial charge in [0.25, 0.3) is 0 Å². The summed E-state index contributed by atoms with van der Waals surface area (Å²) in [6, 6.07) is 24.2. The summed E-state index contributed by atoms with van der Waals surface area (Å²) < 4.78 is 29.3. The quantitative estimate of drug-likeness (QED) is 0.367. The minimum atomic E-state index is -4.02. The van der Waals surface area contributed by atoms with Crippen molar-refractivity contribution in [3.8, 4) is 0 Å². The third-order valence-corrected chi connectivity index (χ3v) is 7.16. The average molecular weight is 494 g/mol. The Kier molecular flexibility index (Phi) is 7.57. The van der Waals surface area contributed by atoms with E-state index in [4.69, 9.17) is 11.6 Å². The van der Waals surface area contributed by atoms with Gasteiger partial charge in [0.05, 0.1) is 5.52 Å². The third kappa shape index (κ3) is 5.99. The van der Waals surface area contributed by atoms with Crippen LogP contribution in [0.15, 0.2) is 96.0 Å². The van der Waals surface area contributed by atoms with Crippen molar-refractivity contribution < 1.29 is 13.2 Å². The van der Waals surface area contributed by atoms with Crippen LogP contribution in [0.4, 0.5) is 0 Å². The van der Waals surface area contributed by atoms with Gasteiger partial charge >= 0.3 is 0 Å². The second-order valence-corrected chi connectivity index (χ2v) is 9.98. The molecule has 0 aliphatic heterocycles. The zero-order chi connectivity index (χ0) is 24.0. The van der Waals surface area contributed by atoms with Gasteiger partial charge in [-0.3, -0.25) is 9.78 Å². The molecule has 0 aliphatic carbocycles. The Morgan fingerprint density at radius 2 is 1.62 bits per heavy atom. The fourth-order valence-electron chi connectivity index (χ4n) is 3.69. The van der Waals surface area contributed by atoms with Crippen molar-refractivity contribution in [2.24, 2.45) is 0 Å². The number of amides is 1. The normalized spacial score (nSPS) is 12.4. The number of rotatable bonds is 9. The molecule has 0 unspecified atom stereocenters. The zero-order valence-corrected chi connectivity index (χ0v) is 19.9. The Bertz CT molecular complexity index is 1370. The lowest BCUT2D eigenvalue weighted by Crippen LogP contribution is -2.48. The Hall–Kier alpha value is -3.26. The molecule has 6 nitrogen and oxygen atoms in total. The summed E-state index contributed by atoms with van der Waals surface area (Å²) in [7, 11) is -4.02. The van der Waals surface area contributed by atoms with E-state index in [-0.39, 0.29) is 11.3 Å². The first-order valence-electron chi connectivity index (χ1n) is 10.8. The second-order valence-electron chi connectivity index (χ2n) is 7.86. The van der Waals surface area contributed by atoms with Crippen molar-refractivity contribution in [2.75, 3.05) is 6.54 Å². The van der Waals surface area contributed by atoms with Gasteiger partial charge in [-0.05, 0) is 48.2 Å². The Balaban J connectivity index is 1.54. The van der Waals surface area contributed by atoms with Crippen LogP contribution in [0, 0.1) is 0 Å². The largest absolute Gasteiger partial charge is 0.354 e. The number of halogens is 1. The van der Waals surface area contributed by atoms with Gasteiger partial charge < -0.3 is 5.32 Å². The van der Waals surface area contributed by atoms with E-state index in [1.165, 1.54) is 6.07 Å². The first-order chi connectivity index (χ1) is 16.4. The molecule has 174 valence electrons. The molecular weight excluding hydrogens is 470 g/mol. The molecular formula is C26H24ClN3O3S. The second kappa shape index (κ2) is 10.8. The van der Waals surface area contributed by atoms with Crippen molar-refractivity contribution in [3.63, 3.8) is 0 Å². The van der Waals surface area contributed by atoms with Gasteiger partial charge in [0.15, 0.2) is 0 Å². The summed E-state index contributed by atoms with van der Waals surface area (Å²) in [4.78, 5) is 17.4. The molecule has 3 aromatic carbocycles. The van der Waals surface area contributed by atoms with Crippen molar-refractivity contribution >= 4 is 38.4 Å². The SMILES string of the molecule is O=C(NCCc1ccc(Cl)cc1)[C@@H](Cc1ccccc1)NS(=O)(=O)c1cccc2cccnc12. The Morgan fingerprint density at radius 1 is 0.882 bits per heavy atom. The molecule has 1 aromatic heterocycles. The summed E-state index contributed by atoms with van der Waals surface area (Å²) in [6.45, 7) is 0.364. The maximum Gasteiger partial charge on any atom is 0.243 e. The molecule has 1 atom stereocenters. The van der Waals surface area contributed by atoms with E-state index in [2.05, 4.69) is 15.0 Å². The van der Waals surface area contributed by atoms with E-state index in [0.29, 0.717) is 28.9 Å². The van der Waals surface area contributed by atoms with Gasteiger partial charge in [-0.2, -0.15) is 4.72 Å². The summed E-state index contributed by atoms with van der Waals surface area (Å²) in [6.07, 6.45) is 2.36. The first kappa shape index (κ1) is 23.9. The van der Waals surface area contributed by atoms with Crippen LogP contribution in [0.25, 0.3) is 10.9 Å². The van der Waals surface area contributed by atoms with Crippen LogP contribution in [0.1, 0.15) is 11.1 Å². The zero-order valence-electron chi connectivity index (χ0n) is 18.3. The van der Waals surface area contributed by atoms with E-state index in [1.807, 2.05) is 42.5 Å². The Morgan fingerprint density at radius 3 is 2.38 bits per heavy atom. The van der Waals surface area contributed by atoms with E-state index in [0.717, 1.165) is 11.1 Å². The number of carbonyl (C=O) groups excluding carboxylic acids is 1. The fraction of sp³-hybridized carbons (Fsp3) is 0.154. The lowest BCUT2D eigenvalue weighted by atomic mass is 10.1. The highest BCUT2D eigenvalue weighted by molar-refractivity contribution is 7.89. The number of para-hydroxylation sites is 1. The highest BCUT2D eigenvalue weighted by Gasteiger charge is 2.27. The fourth-order valence-corrected chi connectivity index (χ4v) is 5.19. The van der Waals surface area contributed by atoms with E-state index < -0.39 is 22.0 Å². The predicted molar refractivity (Wildman–Crippen MR) is 134 cm³/mol. The lowest BCUT2D eigenvalue weighted by Gasteiger charge is -2.19. The predicted octanol–water partition coefficient (Wildman–Crippen LogP) is 4.14. The number of nitrogens with zero attached hydrogens (tertiary/aromatic N) is 1. The third-order valence-electron chi connectivity index (χ3n) is 5.41. The molecule has 0 aliphatic rings. The average Bonchev–Trinajstić information content (AvgIpc) is 2.85. The number of sulfonamides is 1. The van der Waals surface area contributed by atoms with E-state index in [9.17, 15) is 13.2 Å². The minimum Gasteiger partial charge on any atom is -0.354 e. The van der Waals surface area contributed by atoms with Crippen LogP contribution in [-0.2, 0) is 27.7 Å². The molecule has 1 amide bonds. The number of benzene rings is 3. The molecule has 0 radical (unpaired) electrons. The molecule has 0 saturated heterocycles. The first-order valence-corrected chi connectivity index (χ1v) is 12.7. The highest BCUT2D eigenvalue weighted by Crippen LogP contribution is 2.21. The minimum absolute atomic E-state index is 0.0395. The van der Waals surface area contributed by atoms with Crippen molar-refractivity contribution in [1.82, 2.24) is 15.0 Å². The maximum absolute atomic E-state index is 13.3. The molecule has 0 spiro atoms. The van der Waals surface area contributed by atoms with Crippen molar-refractivity contribution in [2.45, 2.75) is 23.8 Å². The van der Waals surface area contributed by atoms with Crippen LogP contribution >= 0.6 is 11.6 Å². The molecule has 0 saturated carbocycles. The number of pyridine rings is 1. The van der Waals surface area contributed by atoms with E-state index in [1.54, 1.807) is 42.6 Å². The van der Waals surface area contributed by atoms with Crippen LogP contribution in [0.5, 0.6) is 0 Å². The summed E-state index contributed by atoms with van der Waals surface area (Å²) >= 11 is 5.92. The molecule has 0 bridgehead atoms. The van der Waals surface area contributed by atoms with Gasteiger partial charge in [-0.1, -0.05) is 72.3 Å². The number of hydrogen-bond acceptors (Lipinski definition) is 4. The summed E-state index contributed by atoms with van der Waals surface area (Å²) in [5, 5.41) is 4.22. The lowest BCUT2D eigenvalue weighted by molar-refractivity contribution is -0.122. The molecule has 2 N–H and O–H groups in total. The summed E-state index contributed by atoms with van der Waals surface area (Å²) in [5.74, 6) is -0.394. The van der Waals surface area contributed by atoms with Crippen LogP contribution in [0.2, 0.25) is 5.02 Å². The van der Waals surface area contributed by atoms with Crippen LogP contribution < -0.4 is 10.0 Å².